The average molecular weight is 268 g/mol. The van der Waals surface area contributed by atoms with Crippen molar-refractivity contribution < 1.29 is 8.42 Å². The van der Waals surface area contributed by atoms with Gasteiger partial charge in [0.2, 0.25) is 0 Å². The standard InChI is InChI=1S/C11H16N4O2S/c1-15(8-5-6-18(16,17)7-8)10-4-2-3-9(14-10)11(12)13/h2-4,8H,5-7H2,1H3,(H3,12,13). The summed E-state index contributed by atoms with van der Waals surface area (Å²) in [5.74, 6) is 0.943. The molecule has 1 aliphatic rings. The molecule has 1 saturated heterocycles. The molecule has 7 heteroatoms. The highest BCUT2D eigenvalue weighted by Gasteiger charge is 2.31. The smallest absolute Gasteiger partial charge is 0.152 e. The van der Waals surface area contributed by atoms with E-state index in [4.69, 9.17) is 11.1 Å². The molecule has 6 nitrogen and oxygen atoms in total. The minimum absolute atomic E-state index is 0.0512. The summed E-state index contributed by atoms with van der Waals surface area (Å²) in [6.45, 7) is 0. The second-order valence-electron chi connectivity index (χ2n) is 4.46. The first-order valence-electron chi connectivity index (χ1n) is 5.64. The molecular formula is C11H16N4O2S. The first-order valence-corrected chi connectivity index (χ1v) is 7.46. The number of sulfone groups is 1. The van der Waals surface area contributed by atoms with E-state index in [1.165, 1.54) is 0 Å². The Kier molecular flexibility index (Phi) is 3.25. The van der Waals surface area contributed by atoms with Gasteiger partial charge < -0.3 is 10.6 Å². The van der Waals surface area contributed by atoms with Crippen LogP contribution in [0.15, 0.2) is 18.2 Å². The molecule has 0 aromatic carbocycles. The third-order valence-electron chi connectivity index (χ3n) is 3.13. The fourth-order valence-corrected chi connectivity index (χ4v) is 3.81. The van der Waals surface area contributed by atoms with Crippen LogP contribution in [0.25, 0.3) is 0 Å². The topological polar surface area (TPSA) is 100 Å². The number of aromatic nitrogens is 1. The largest absolute Gasteiger partial charge is 0.382 e. The van der Waals surface area contributed by atoms with Crippen LogP contribution in [0.1, 0.15) is 12.1 Å². The minimum atomic E-state index is -2.91. The maximum absolute atomic E-state index is 11.5. The van der Waals surface area contributed by atoms with E-state index in [1.807, 2.05) is 11.9 Å². The number of rotatable bonds is 3. The molecule has 0 amide bonds. The van der Waals surface area contributed by atoms with Gasteiger partial charge in [0.15, 0.2) is 9.84 Å². The van der Waals surface area contributed by atoms with Gasteiger partial charge in [0.25, 0.3) is 0 Å². The Morgan fingerprint density at radius 3 is 2.83 bits per heavy atom. The van der Waals surface area contributed by atoms with E-state index in [1.54, 1.807) is 18.2 Å². The van der Waals surface area contributed by atoms with Crippen molar-refractivity contribution in [2.24, 2.45) is 5.73 Å². The van der Waals surface area contributed by atoms with Crippen LogP contribution in [0.2, 0.25) is 0 Å². The Bertz CT molecular complexity index is 570. The lowest BCUT2D eigenvalue weighted by Gasteiger charge is -2.24. The number of amidine groups is 1. The summed E-state index contributed by atoms with van der Waals surface area (Å²) in [5.41, 5.74) is 5.79. The van der Waals surface area contributed by atoms with E-state index in [0.717, 1.165) is 0 Å². The van der Waals surface area contributed by atoms with Crippen molar-refractivity contribution in [1.29, 1.82) is 5.41 Å². The van der Waals surface area contributed by atoms with Crippen LogP contribution in [-0.4, -0.2) is 43.8 Å². The summed E-state index contributed by atoms with van der Waals surface area (Å²) in [6.07, 6.45) is 0.616. The van der Waals surface area contributed by atoms with Crippen LogP contribution >= 0.6 is 0 Å². The van der Waals surface area contributed by atoms with E-state index in [-0.39, 0.29) is 23.4 Å². The predicted molar refractivity (Wildman–Crippen MR) is 70.7 cm³/mol. The third kappa shape index (κ3) is 2.61. The molecule has 0 aliphatic carbocycles. The van der Waals surface area contributed by atoms with Crippen LogP contribution < -0.4 is 10.6 Å². The van der Waals surface area contributed by atoms with E-state index in [0.29, 0.717) is 17.9 Å². The molecule has 1 aliphatic heterocycles. The number of nitrogens with two attached hydrogens (primary N) is 1. The molecule has 18 heavy (non-hydrogen) atoms. The van der Waals surface area contributed by atoms with E-state index in [2.05, 4.69) is 4.98 Å². The Morgan fingerprint density at radius 1 is 1.56 bits per heavy atom. The van der Waals surface area contributed by atoms with Crippen LogP contribution in [0.4, 0.5) is 5.82 Å². The number of hydrogen-bond acceptors (Lipinski definition) is 5. The van der Waals surface area contributed by atoms with Gasteiger partial charge in [-0.1, -0.05) is 6.07 Å². The quantitative estimate of drug-likeness (QED) is 0.593. The molecule has 1 aromatic heterocycles. The van der Waals surface area contributed by atoms with Gasteiger partial charge in [0, 0.05) is 13.1 Å². The summed E-state index contributed by atoms with van der Waals surface area (Å²) in [4.78, 5) is 6.09. The molecule has 2 rings (SSSR count). The van der Waals surface area contributed by atoms with E-state index < -0.39 is 9.84 Å². The van der Waals surface area contributed by atoms with Crippen LogP contribution in [-0.2, 0) is 9.84 Å². The first kappa shape index (κ1) is 12.8. The van der Waals surface area contributed by atoms with Crippen molar-refractivity contribution in [3.05, 3.63) is 23.9 Å². The van der Waals surface area contributed by atoms with Crippen molar-refractivity contribution in [2.75, 3.05) is 23.5 Å². The van der Waals surface area contributed by atoms with Crippen molar-refractivity contribution in [3.8, 4) is 0 Å². The van der Waals surface area contributed by atoms with Crippen molar-refractivity contribution in [1.82, 2.24) is 4.98 Å². The molecule has 1 unspecified atom stereocenters. The fourth-order valence-electron chi connectivity index (χ4n) is 2.04. The number of nitrogens with one attached hydrogen (secondary N) is 1. The summed E-state index contributed by atoms with van der Waals surface area (Å²) in [6, 6.07) is 5.16. The maximum Gasteiger partial charge on any atom is 0.152 e. The van der Waals surface area contributed by atoms with Gasteiger partial charge >= 0.3 is 0 Å². The van der Waals surface area contributed by atoms with Crippen LogP contribution in [0, 0.1) is 5.41 Å². The van der Waals surface area contributed by atoms with Crippen LogP contribution in [0.5, 0.6) is 0 Å². The maximum atomic E-state index is 11.5. The lowest BCUT2D eigenvalue weighted by molar-refractivity contribution is 0.600. The summed E-state index contributed by atoms with van der Waals surface area (Å²) < 4.78 is 22.9. The molecule has 0 saturated carbocycles. The Hall–Kier alpha value is -1.63. The fraction of sp³-hybridized carbons (Fsp3) is 0.455. The van der Waals surface area contributed by atoms with Gasteiger partial charge in [-0.3, -0.25) is 5.41 Å². The molecule has 0 radical (unpaired) electrons. The van der Waals surface area contributed by atoms with Gasteiger partial charge in [-0.2, -0.15) is 0 Å². The average Bonchev–Trinajstić information content (AvgIpc) is 2.69. The lowest BCUT2D eigenvalue weighted by Crippen LogP contribution is -2.33. The minimum Gasteiger partial charge on any atom is -0.382 e. The lowest BCUT2D eigenvalue weighted by atomic mass is 10.2. The molecule has 98 valence electrons. The second kappa shape index (κ2) is 4.56. The zero-order valence-electron chi connectivity index (χ0n) is 10.1. The van der Waals surface area contributed by atoms with Gasteiger partial charge in [-0.05, 0) is 18.6 Å². The highest BCUT2D eigenvalue weighted by atomic mass is 32.2. The molecule has 3 N–H and O–H groups in total. The molecule has 0 bridgehead atoms. The molecule has 0 spiro atoms. The Balaban J connectivity index is 2.21. The number of pyridine rings is 1. The number of hydrogen-bond donors (Lipinski definition) is 2. The highest BCUT2D eigenvalue weighted by Crippen LogP contribution is 2.21. The first-order chi connectivity index (χ1) is 8.39. The second-order valence-corrected chi connectivity index (χ2v) is 6.69. The van der Waals surface area contributed by atoms with Gasteiger partial charge in [-0.15, -0.1) is 0 Å². The van der Waals surface area contributed by atoms with Gasteiger partial charge in [-0.25, -0.2) is 13.4 Å². The number of nitrogens with zero attached hydrogens (tertiary/aromatic N) is 2. The monoisotopic (exact) mass is 268 g/mol. The summed E-state index contributed by atoms with van der Waals surface area (Å²) >= 11 is 0. The third-order valence-corrected chi connectivity index (χ3v) is 4.88. The number of nitrogen functional groups attached to an aromatic ring is 1. The van der Waals surface area contributed by atoms with E-state index in [9.17, 15) is 8.42 Å². The van der Waals surface area contributed by atoms with Crippen molar-refractivity contribution >= 4 is 21.5 Å². The zero-order chi connectivity index (χ0) is 13.3. The predicted octanol–water partition coefficient (Wildman–Crippen LogP) is -0.0110. The summed E-state index contributed by atoms with van der Waals surface area (Å²) in [5, 5.41) is 7.35. The molecule has 1 aromatic rings. The van der Waals surface area contributed by atoms with E-state index >= 15 is 0 Å². The van der Waals surface area contributed by atoms with Crippen molar-refractivity contribution in [3.63, 3.8) is 0 Å². The SMILES string of the molecule is CN(c1cccc(C(=N)N)n1)C1CCS(=O)(=O)C1. The Morgan fingerprint density at radius 2 is 2.28 bits per heavy atom. The van der Waals surface area contributed by atoms with Gasteiger partial charge in [0.1, 0.15) is 17.3 Å². The molecule has 1 fully saturated rings. The van der Waals surface area contributed by atoms with Crippen LogP contribution in [0.3, 0.4) is 0 Å². The summed E-state index contributed by atoms with van der Waals surface area (Å²) in [7, 11) is -1.09. The Labute approximate surface area is 106 Å². The molecule has 1 atom stereocenters. The van der Waals surface area contributed by atoms with Crippen molar-refractivity contribution in [2.45, 2.75) is 12.5 Å². The normalized spacial score (nSPS) is 21.7. The zero-order valence-corrected chi connectivity index (χ0v) is 10.9. The van der Waals surface area contributed by atoms with Gasteiger partial charge in [0.05, 0.1) is 11.5 Å². The molecular weight excluding hydrogens is 252 g/mol. The molecule has 2 heterocycles. The highest BCUT2D eigenvalue weighted by molar-refractivity contribution is 7.91. The number of anilines is 1.